The van der Waals surface area contributed by atoms with Crippen LogP contribution in [-0.4, -0.2) is 0 Å². The molecule has 0 bridgehead atoms. The van der Waals surface area contributed by atoms with Crippen molar-refractivity contribution in [2.75, 3.05) is 0 Å². The van der Waals surface area contributed by atoms with E-state index in [2.05, 4.69) is 45.7 Å². The van der Waals surface area contributed by atoms with Crippen LogP contribution in [0.1, 0.15) is 47.9 Å². The molecule has 0 saturated carbocycles. The van der Waals surface area contributed by atoms with Crippen LogP contribution in [0.2, 0.25) is 0 Å². The lowest BCUT2D eigenvalue weighted by Gasteiger charge is -2.14. The van der Waals surface area contributed by atoms with Crippen LogP contribution in [0.25, 0.3) is 0 Å². The second-order valence-electron chi connectivity index (χ2n) is 4.29. The van der Waals surface area contributed by atoms with E-state index in [0.717, 1.165) is 12.8 Å². The van der Waals surface area contributed by atoms with E-state index in [1.54, 1.807) is 0 Å². The van der Waals surface area contributed by atoms with Gasteiger partial charge < -0.3 is 0 Å². The van der Waals surface area contributed by atoms with Crippen molar-refractivity contribution in [1.82, 2.24) is 0 Å². The van der Waals surface area contributed by atoms with Gasteiger partial charge in [-0.05, 0) is 49.4 Å². The molecule has 1 atom stereocenters. The van der Waals surface area contributed by atoms with Crippen molar-refractivity contribution in [3.05, 3.63) is 34.4 Å². The molecular weight excluding hydrogens is 180 g/mol. The molecule has 1 unspecified atom stereocenters. The Morgan fingerprint density at radius 2 is 1.73 bits per heavy atom. The van der Waals surface area contributed by atoms with Gasteiger partial charge in [-0.2, -0.15) is 0 Å². The van der Waals surface area contributed by atoms with E-state index in [0.29, 0.717) is 0 Å². The second kappa shape index (κ2) is 5.03. The van der Waals surface area contributed by atoms with Crippen LogP contribution in [0.4, 0.5) is 0 Å². The molecule has 0 saturated heterocycles. The van der Waals surface area contributed by atoms with E-state index in [1.165, 1.54) is 22.3 Å². The van der Waals surface area contributed by atoms with Gasteiger partial charge >= 0.3 is 0 Å². The SMILES string of the molecule is C#CC(CCC)c1cc(C)c(C)c(C)c1. The van der Waals surface area contributed by atoms with E-state index in [-0.39, 0.29) is 5.92 Å². The van der Waals surface area contributed by atoms with Crippen molar-refractivity contribution in [2.24, 2.45) is 0 Å². The minimum absolute atomic E-state index is 0.285. The highest BCUT2D eigenvalue weighted by molar-refractivity contribution is 5.40. The number of hydrogen-bond acceptors (Lipinski definition) is 0. The monoisotopic (exact) mass is 200 g/mol. The maximum Gasteiger partial charge on any atom is 0.0449 e. The van der Waals surface area contributed by atoms with Gasteiger partial charge in [0, 0.05) is 5.92 Å². The van der Waals surface area contributed by atoms with Crippen molar-refractivity contribution in [3.8, 4) is 12.3 Å². The second-order valence-corrected chi connectivity index (χ2v) is 4.29. The van der Waals surface area contributed by atoms with E-state index in [9.17, 15) is 0 Å². The van der Waals surface area contributed by atoms with Gasteiger partial charge in [-0.15, -0.1) is 6.42 Å². The molecule has 1 aromatic carbocycles. The fraction of sp³-hybridized carbons (Fsp3) is 0.467. The average Bonchev–Trinajstić information content (AvgIpc) is 2.22. The van der Waals surface area contributed by atoms with Gasteiger partial charge in [0.1, 0.15) is 0 Å². The first-order valence-corrected chi connectivity index (χ1v) is 5.64. The third-order valence-corrected chi connectivity index (χ3v) is 3.13. The molecule has 0 radical (unpaired) electrons. The van der Waals surface area contributed by atoms with Crippen LogP contribution >= 0.6 is 0 Å². The van der Waals surface area contributed by atoms with E-state index in [4.69, 9.17) is 6.42 Å². The Hall–Kier alpha value is -1.22. The van der Waals surface area contributed by atoms with Crippen LogP contribution in [0.15, 0.2) is 12.1 Å². The molecule has 0 aliphatic rings. The van der Waals surface area contributed by atoms with Crippen molar-refractivity contribution in [2.45, 2.75) is 46.5 Å². The Balaban J connectivity index is 3.10. The molecule has 80 valence electrons. The summed E-state index contributed by atoms with van der Waals surface area (Å²) in [6.07, 6.45) is 7.80. The first-order valence-electron chi connectivity index (χ1n) is 5.64. The number of rotatable bonds is 3. The third kappa shape index (κ3) is 2.63. The van der Waals surface area contributed by atoms with Crippen molar-refractivity contribution >= 4 is 0 Å². The minimum Gasteiger partial charge on any atom is -0.119 e. The van der Waals surface area contributed by atoms with E-state index < -0.39 is 0 Å². The number of benzene rings is 1. The summed E-state index contributed by atoms with van der Waals surface area (Å²) < 4.78 is 0. The third-order valence-electron chi connectivity index (χ3n) is 3.13. The van der Waals surface area contributed by atoms with Gasteiger partial charge in [0.2, 0.25) is 0 Å². The molecule has 0 N–H and O–H groups in total. The summed E-state index contributed by atoms with van der Waals surface area (Å²) in [5, 5.41) is 0. The quantitative estimate of drug-likeness (QED) is 0.644. The van der Waals surface area contributed by atoms with Gasteiger partial charge in [0.05, 0.1) is 0 Å². The van der Waals surface area contributed by atoms with E-state index in [1.807, 2.05) is 0 Å². The molecule has 0 heterocycles. The van der Waals surface area contributed by atoms with Crippen molar-refractivity contribution < 1.29 is 0 Å². The van der Waals surface area contributed by atoms with Crippen LogP contribution in [0, 0.1) is 33.1 Å². The lowest BCUT2D eigenvalue weighted by Crippen LogP contribution is -1.98. The smallest absolute Gasteiger partial charge is 0.0449 e. The Kier molecular flexibility index (Phi) is 3.97. The zero-order valence-corrected chi connectivity index (χ0v) is 10.2. The van der Waals surface area contributed by atoms with E-state index >= 15 is 0 Å². The highest BCUT2D eigenvalue weighted by atomic mass is 14.1. The van der Waals surface area contributed by atoms with Gasteiger partial charge in [0.15, 0.2) is 0 Å². The number of hydrogen-bond donors (Lipinski definition) is 0. The summed E-state index contributed by atoms with van der Waals surface area (Å²) in [7, 11) is 0. The Morgan fingerprint density at radius 3 is 2.13 bits per heavy atom. The van der Waals surface area contributed by atoms with Crippen LogP contribution in [0.5, 0.6) is 0 Å². The zero-order valence-electron chi connectivity index (χ0n) is 10.2. The fourth-order valence-electron chi connectivity index (χ4n) is 1.91. The topological polar surface area (TPSA) is 0 Å². The van der Waals surface area contributed by atoms with Crippen LogP contribution in [0.3, 0.4) is 0 Å². The maximum atomic E-state index is 5.58. The molecule has 0 aliphatic carbocycles. The standard InChI is InChI=1S/C15H20/c1-6-8-14(7-2)15-9-11(3)13(5)12(4)10-15/h2,9-10,14H,6,8H2,1,3-5H3. The fourth-order valence-corrected chi connectivity index (χ4v) is 1.91. The summed E-state index contributed by atoms with van der Waals surface area (Å²) in [5.74, 6) is 3.18. The lowest BCUT2D eigenvalue weighted by atomic mass is 9.90. The molecule has 0 heteroatoms. The molecule has 0 fully saturated rings. The predicted octanol–water partition coefficient (Wildman–Crippen LogP) is 4.13. The highest BCUT2D eigenvalue weighted by Crippen LogP contribution is 2.24. The lowest BCUT2D eigenvalue weighted by molar-refractivity contribution is 0.733. The zero-order chi connectivity index (χ0) is 11.4. The predicted molar refractivity (Wildman–Crippen MR) is 67.1 cm³/mol. The molecular formula is C15H20. The molecule has 0 aliphatic heterocycles. The Bertz CT molecular complexity index is 357. The average molecular weight is 200 g/mol. The first kappa shape index (κ1) is 11.9. The largest absolute Gasteiger partial charge is 0.119 e. The molecule has 15 heavy (non-hydrogen) atoms. The van der Waals surface area contributed by atoms with Crippen LogP contribution in [-0.2, 0) is 0 Å². The number of aryl methyl sites for hydroxylation is 2. The van der Waals surface area contributed by atoms with Gasteiger partial charge in [-0.25, -0.2) is 0 Å². The molecule has 0 amide bonds. The van der Waals surface area contributed by atoms with Crippen molar-refractivity contribution in [3.63, 3.8) is 0 Å². The highest BCUT2D eigenvalue weighted by Gasteiger charge is 2.09. The Labute approximate surface area is 93.7 Å². The summed E-state index contributed by atoms with van der Waals surface area (Å²) in [6.45, 7) is 8.66. The maximum absolute atomic E-state index is 5.58. The molecule has 0 spiro atoms. The van der Waals surface area contributed by atoms with Gasteiger partial charge in [-0.3, -0.25) is 0 Å². The van der Waals surface area contributed by atoms with Crippen LogP contribution < -0.4 is 0 Å². The van der Waals surface area contributed by atoms with Gasteiger partial charge in [-0.1, -0.05) is 31.4 Å². The molecule has 0 aromatic heterocycles. The Morgan fingerprint density at radius 1 is 1.20 bits per heavy atom. The minimum atomic E-state index is 0.285. The molecule has 1 aromatic rings. The first-order chi connectivity index (χ1) is 7.10. The summed E-state index contributed by atoms with van der Waals surface area (Å²) >= 11 is 0. The van der Waals surface area contributed by atoms with Crippen molar-refractivity contribution in [1.29, 1.82) is 0 Å². The summed E-state index contributed by atoms with van der Waals surface area (Å²) in [4.78, 5) is 0. The normalized spacial score (nSPS) is 12.2. The molecule has 0 nitrogen and oxygen atoms in total. The molecule has 1 rings (SSSR count). The number of terminal acetylenes is 1. The van der Waals surface area contributed by atoms with Gasteiger partial charge in [0.25, 0.3) is 0 Å². The summed E-state index contributed by atoms with van der Waals surface area (Å²) in [5.41, 5.74) is 5.38. The summed E-state index contributed by atoms with van der Waals surface area (Å²) in [6, 6.07) is 4.48.